The molecular formula is C19H23F2N5O4S2. The number of benzene rings is 1. The molecule has 2 aliphatic heterocycles. The largest absolute Gasteiger partial charge is 0.442 e. The number of amides is 1. The van der Waals surface area contributed by atoms with Crippen molar-refractivity contribution >= 4 is 44.7 Å². The van der Waals surface area contributed by atoms with Gasteiger partial charge < -0.3 is 15.0 Å². The molecule has 3 rings (SSSR count). The van der Waals surface area contributed by atoms with Crippen molar-refractivity contribution in [2.45, 2.75) is 19.4 Å². The average Bonchev–Trinajstić information content (AvgIpc) is 3.12. The predicted octanol–water partition coefficient (Wildman–Crippen LogP) is 1.59. The van der Waals surface area contributed by atoms with Gasteiger partial charge in [-0.3, -0.25) is 4.90 Å². The lowest BCUT2D eigenvalue weighted by atomic mass is 10.2. The molecular weight excluding hydrogens is 464 g/mol. The fourth-order valence-electron chi connectivity index (χ4n) is 3.56. The van der Waals surface area contributed by atoms with E-state index in [-0.39, 0.29) is 44.1 Å². The van der Waals surface area contributed by atoms with Crippen molar-refractivity contribution in [3.05, 3.63) is 23.8 Å². The lowest BCUT2D eigenvalue weighted by Crippen LogP contribution is -2.49. The minimum absolute atomic E-state index is 0.0113. The van der Waals surface area contributed by atoms with Gasteiger partial charge in [-0.1, -0.05) is 19.1 Å². The van der Waals surface area contributed by atoms with Crippen molar-refractivity contribution in [1.82, 2.24) is 9.62 Å². The first-order chi connectivity index (χ1) is 15.2. The van der Waals surface area contributed by atoms with Crippen LogP contribution in [0.15, 0.2) is 12.1 Å². The smallest absolute Gasteiger partial charge is 0.414 e. The van der Waals surface area contributed by atoms with Crippen molar-refractivity contribution in [3.63, 3.8) is 0 Å². The van der Waals surface area contributed by atoms with Crippen LogP contribution in [0.5, 0.6) is 0 Å². The Morgan fingerprint density at radius 3 is 2.47 bits per heavy atom. The van der Waals surface area contributed by atoms with Gasteiger partial charge in [-0.15, -0.1) is 0 Å². The molecule has 174 valence electrons. The van der Waals surface area contributed by atoms with Crippen LogP contribution in [0.1, 0.15) is 13.3 Å². The number of hydrogen-bond donors (Lipinski definition) is 1. The molecule has 1 N–H and O–H groups in total. The molecule has 0 radical (unpaired) electrons. The third-order valence-corrected chi connectivity index (χ3v) is 7.31. The highest BCUT2D eigenvalue weighted by Gasteiger charge is 2.34. The molecule has 1 amide bonds. The summed E-state index contributed by atoms with van der Waals surface area (Å²) in [5.74, 6) is -2.37. The third kappa shape index (κ3) is 5.25. The summed E-state index contributed by atoms with van der Waals surface area (Å²) in [5, 5.41) is 11.6. The number of nitrogens with one attached hydrogen (secondary N) is 1. The molecule has 2 heterocycles. The molecule has 0 spiro atoms. The van der Waals surface area contributed by atoms with E-state index in [1.807, 2.05) is 6.92 Å². The maximum Gasteiger partial charge on any atom is 0.414 e. The number of carbonyl (C=O) groups is 1. The number of piperazine rings is 1. The van der Waals surface area contributed by atoms with E-state index in [2.05, 4.69) is 5.32 Å². The Labute approximate surface area is 190 Å². The van der Waals surface area contributed by atoms with Gasteiger partial charge in [0.15, 0.2) is 17.4 Å². The van der Waals surface area contributed by atoms with Crippen LogP contribution >= 0.6 is 12.2 Å². The molecule has 9 nitrogen and oxygen atoms in total. The summed E-state index contributed by atoms with van der Waals surface area (Å²) in [7, 11) is -3.71. The molecule has 2 fully saturated rings. The Balaban J connectivity index is 1.69. The van der Waals surface area contributed by atoms with E-state index in [0.717, 1.165) is 21.3 Å². The molecule has 13 heteroatoms. The normalized spacial score (nSPS) is 19.6. The van der Waals surface area contributed by atoms with Crippen molar-refractivity contribution < 1.29 is 26.7 Å². The van der Waals surface area contributed by atoms with Gasteiger partial charge in [0, 0.05) is 38.3 Å². The molecule has 2 aliphatic rings. The first-order valence-corrected chi connectivity index (χ1v) is 12.0. The highest BCUT2D eigenvalue weighted by molar-refractivity contribution is 7.89. The second-order valence-corrected chi connectivity index (χ2v) is 9.79. The quantitative estimate of drug-likeness (QED) is 0.578. The Kier molecular flexibility index (Phi) is 7.47. The van der Waals surface area contributed by atoms with Gasteiger partial charge in [0.2, 0.25) is 10.0 Å². The van der Waals surface area contributed by atoms with E-state index in [4.69, 9.17) is 22.2 Å². The van der Waals surface area contributed by atoms with Crippen molar-refractivity contribution in [2.24, 2.45) is 0 Å². The van der Waals surface area contributed by atoms with Gasteiger partial charge in [0.25, 0.3) is 0 Å². The van der Waals surface area contributed by atoms with Crippen LogP contribution in [0.4, 0.5) is 25.0 Å². The van der Waals surface area contributed by atoms with Gasteiger partial charge in [0.1, 0.15) is 11.8 Å². The van der Waals surface area contributed by atoms with Gasteiger partial charge >= 0.3 is 6.09 Å². The van der Waals surface area contributed by atoms with Gasteiger partial charge in [0.05, 0.1) is 29.8 Å². The minimum Gasteiger partial charge on any atom is -0.442 e. The number of thiocarbonyl (C=S) groups is 1. The van der Waals surface area contributed by atoms with E-state index in [9.17, 15) is 22.0 Å². The van der Waals surface area contributed by atoms with E-state index >= 15 is 0 Å². The maximum absolute atomic E-state index is 14.9. The lowest BCUT2D eigenvalue weighted by Gasteiger charge is -2.35. The molecule has 0 aliphatic carbocycles. The highest BCUT2D eigenvalue weighted by atomic mass is 32.2. The van der Waals surface area contributed by atoms with E-state index in [1.54, 1.807) is 6.07 Å². The van der Waals surface area contributed by atoms with Crippen LogP contribution in [0.3, 0.4) is 0 Å². The molecule has 0 bridgehead atoms. The number of nitriles is 1. The highest BCUT2D eigenvalue weighted by Crippen LogP contribution is 2.31. The lowest BCUT2D eigenvalue weighted by molar-refractivity contribution is 0.143. The van der Waals surface area contributed by atoms with Crippen LogP contribution in [0, 0.1) is 23.0 Å². The molecule has 32 heavy (non-hydrogen) atoms. The second-order valence-electron chi connectivity index (χ2n) is 7.33. The standard InChI is InChI=1S/C19H23F2N5O4S2/c1-2-17(31)23-11-14-12-26(19(27)30-14)13-9-15(20)18(16(21)10-13)24-4-6-25(7-5-24)32(28,29)8-3-22/h9-10,14H,2,4-8,11-12H2,1H3,(H,23,31)/t14-/m0/s1. The molecule has 0 unspecified atom stereocenters. The molecule has 1 aromatic rings. The number of anilines is 2. The summed E-state index contributed by atoms with van der Waals surface area (Å²) < 4.78 is 60.1. The zero-order valence-corrected chi connectivity index (χ0v) is 19.0. The van der Waals surface area contributed by atoms with Crippen molar-refractivity contribution in [1.29, 1.82) is 5.26 Å². The Morgan fingerprint density at radius 1 is 1.28 bits per heavy atom. The summed E-state index contributed by atoms with van der Waals surface area (Å²) in [6.45, 7) is 2.46. The fourth-order valence-corrected chi connectivity index (χ4v) is 4.71. The molecule has 0 aromatic heterocycles. The molecule has 1 aromatic carbocycles. The summed E-state index contributed by atoms with van der Waals surface area (Å²) in [6, 6.07) is 3.73. The summed E-state index contributed by atoms with van der Waals surface area (Å²) in [6.07, 6.45) is -0.570. The summed E-state index contributed by atoms with van der Waals surface area (Å²) in [5.41, 5.74) is -0.255. The Hall–Kier alpha value is -2.56. The first-order valence-electron chi connectivity index (χ1n) is 10.00. The van der Waals surface area contributed by atoms with Crippen LogP contribution in [-0.4, -0.2) is 74.9 Å². The zero-order valence-electron chi connectivity index (χ0n) is 17.4. The monoisotopic (exact) mass is 487 g/mol. The molecule has 0 saturated carbocycles. The molecule has 2 saturated heterocycles. The van der Waals surface area contributed by atoms with Crippen LogP contribution < -0.4 is 15.1 Å². The number of rotatable bonds is 7. The Bertz CT molecular complexity index is 1020. The number of hydrogen-bond acceptors (Lipinski definition) is 7. The average molecular weight is 488 g/mol. The van der Waals surface area contributed by atoms with Gasteiger partial charge in [-0.25, -0.2) is 22.0 Å². The number of carbonyl (C=O) groups excluding carboxylic acids is 1. The predicted molar refractivity (Wildman–Crippen MR) is 118 cm³/mol. The number of sulfonamides is 1. The van der Waals surface area contributed by atoms with E-state index < -0.39 is 39.6 Å². The fraction of sp³-hybridized carbons (Fsp3) is 0.526. The maximum atomic E-state index is 14.9. The number of nitrogens with zero attached hydrogens (tertiary/aromatic N) is 4. The number of cyclic esters (lactones) is 1. The van der Waals surface area contributed by atoms with Gasteiger partial charge in [-0.05, 0) is 6.42 Å². The zero-order chi connectivity index (χ0) is 23.5. The van der Waals surface area contributed by atoms with Crippen LogP contribution in [0.2, 0.25) is 0 Å². The topological polar surface area (TPSA) is 106 Å². The minimum atomic E-state index is -3.71. The number of ether oxygens (including phenoxy) is 1. The molecule has 1 atom stereocenters. The van der Waals surface area contributed by atoms with E-state index in [1.165, 1.54) is 4.90 Å². The summed E-state index contributed by atoms with van der Waals surface area (Å²) >= 11 is 5.07. The summed E-state index contributed by atoms with van der Waals surface area (Å²) in [4.78, 5) is 15.4. The van der Waals surface area contributed by atoms with Crippen molar-refractivity contribution in [2.75, 3.05) is 54.8 Å². The van der Waals surface area contributed by atoms with Gasteiger partial charge in [-0.2, -0.15) is 9.57 Å². The second kappa shape index (κ2) is 9.93. The first kappa shape index (κ1) is 24.1. The van der Waals surface area contributed by atoms with Crippen LogP contribution in [0.25, 0.3) is 0 Å². The number of halogens is 2. The Morgan fingerprint density at radius 2 is 1.91 bits per heavy atom. The van der Waals surface area contributed by atoms with Crippen molar-refractivity contribution in [3.8, 4) is 6.07 Å². The van der Waals surface area contributed by atoms with E-state index in [0.29, 0.717) is 18.0 Å². The van der Waals surface area contributed by atoms with Crippen LogP contribution in [-0.2, 0) is 14.8 Å². The SMILES string of the molecule is CCC(=S)NC[C@H]1CN(c2cc(F)c(N3CCN(S(=O)(=O)CC#N)CC3)c(F)c2)C(=O)O1. The third-order valence-electron chi connectivity index (χ3n) is 5.23.